The van der Waals surface area contributed by atoms with Crippen molar-refractivity contribution in [2.45, 2.75) is 17.7 Å². The molecule has 1 saturated heterocycles. The number of amides is 1. The molecule has 0 spiro atoms. The largest absolute Gasteiger partial charge is 0.465 e. The SMILES string of the molecule is COC(=O)c1ccc(NC(=O)COC(=O)C2CCN(S(=O)(=O)c3cccnc3)CC2)cc1. The monoisotopic (exact) mass is 461 g/mol. The van der Waals surface area contributed by atoms with Crippen LogP contribution in [0, 0.1) is 5.92 Å². The first kappa shape index (κ1) is 23.4. The Morgan fingerprint density at radius 1 is 1.12 bits per heavy atom. The zero-order chi connectivity index (χ0) is 23.1. The van der Waals surface area contributed by atoms with E-state index in [-0.39, 0.29) is 18.0 Å². The molecule has 0 aliphatic carbocycles. The molecule has 11 heteroatoms. The van der Waals surface area contributed by atoms with Crippen molar-refractivity contribution in [1.82, 2.24) is 9.29 Å². The highest BCUT2D eigenvalue weighted by atomic mass is 32.2. The highest BCUT2D eigenvalue weighted by Gasteiger charge is 2.33. The van der Waals surface area contributed by atoms with E-state index in [0.717, 1.165) is 0 Å². The van der Waals surface area contributed by atoms with Gasteiger partial charge in [0, 0.05) is 31.2 Å². The molecule has 2 aromatic rings. The zero-order valence-electron chi connectivity index (χ0n) is 17.4. The van der Waals surface area contributed by atoms with Crippen molar-refractivity contribution in [3.63, 3.8) is 0 Å². The summed E-state index contributed by atoms with van der Waals surface area (Å²) in [6.45, 7) is -0.114. The van der Waals surface area contributed by atoms with Crippen LogP contribution in [-0.2, 0) is 29.1 Å². The van der Waals surface area contributed by atoms with Gasteiger partial charge in [-0.15, -0.1) is 0 Å². The second-order valence-electron chi connectivity index (χ2n) is 7.09. The topological polar surface area (TPSA) is 132 Å². The van der Waals surface area contributed by atoms with E-state index < -0.39 is 40.4 Å². The molecular formula is C21H23N3O7S. The lowest BCUT2D eigenvalue weighted by atomic mass is 9.98. The lowest BCUT2D eigenvalue weighted by Gasteiger charge is -2.29. The van der Waals surface area contributed by atoms with Crippen LogP contribution >= 0.6 is 0 Å². The van der Waals surface area contributed by atoms with Crippen molar-refractivity contribution < 1.29 is 32.3 Å². The number of nitrogens with zero attached hydrogens (tertiary/aromatic N) is 2. The maximum absolute atomic E-state index is 12.6. The van der Waals surface area contributed by atoms with Gasteiger partial charge in [-0.2, -0.15) is 4.31 Å². The number of carbonyl (C=O) groups excluding carboxylic acids is 3. The van der Waals surface area contributed by atoms with Crippen LogP contribution in [0.15, 0.2) is 53.7 Å². The molecule has 10 nitrogen and oxygen atoms in total. The summed E-state index contributed by atoms with van der Waals surface area (Å²) < 4.78 is 36.3. The molecular weight excluding hydrogens is 438 g/mol. The highest BCUT2D eigenvalue weighted by molar-refractivity contribution is 7.89. The summed E-state index contributed by atoms with van der Waals surface area (Å²) in [6.07, 6.45) is 3.38. The molecule has 3 rings (SSSR count). The van der Waals surface area contributed by atoms with Crippen LogP contribution in [0.3, 0.4) is 0 Å². The van der Waals surface area contributed by atoms with Crippen molar-refractivity contribution in [3.05, 3.63) is 54.4 Å². The first-order valence-electron chi connectivity index (χ1n) is 9.86. The summed E-state index contributed by atoms with van der Waals surface area (Å²) in [5.74, 6) is -2.04. The number of methoxy groups -OCH3 is 1. The Morgan fingerprint density at radius 3 is 2.41 bits per heavy atom. The predicted molar refractivity (Wildman–Crippen MR) is 113 cm³/mol. The van der Waals surface area contributed by atoms with Crippen LogP contribution in [0.2, 0.25) is 0 Å². The Labute approximate surface area is 185 Å². The Morgan fingerprint density at radius 2 is 1.81 bits per heavy atom. The fourth-order valence-electron chi connectivity index (χ4n) is 3.24. The van der Waals surface area contributed by atoms with Gasteiger partial charge in [0.2, 0.25) is 10.0 Å². The fraction of sp³-hybridized carbons (Fsp3) is 0.333. The molecule has 0 saturated carbocycles. The second-order valence-corrected chi connectivity index (χ2v) is 9.03. The number of piperidine rings is 1. The predicted octanol–water partition coefficient (Wildman–Crippen LogP) is 1.45. The third kappa shape index (κ3) is 5.68. The molecule has 2 heterocycles. The number of carbonyl (C=O) groups is 3. The van der Waals surface area contributed by atoms with Crippen LogP contribution < -0.4 is 5.32 Å². The first-order chi connectivity index (χ1) is 15.3. The lowest BCUT2D eigenvalue weighted by molar-refractivity contribution is -0.152. The second kappa shape index (κ2) is 10.3. The summed E-state index contributed by atoms with van der Waals surface area (Å²) in [5, 5.41) is 2.57. The summed E-state index contributed by atoms with van der Waals surface area (Å²) in [4.78, 5) is 39.7. The van der Waals surface area contributed by atoms with Gasteiger partial charge < -0.3 is 14.8 Å². The Hall–Kier alpha value is -3.31. The maximum Gasteiger partial charge on any atom is 0.337 e. The Kier molecular flexibility index (Phi) is 7.54. The number of pyridine rings is 1. The van der Waals surface area contributed by atoms with Crippen molar-refractivity contribution in [3.8, 4) is 0 Å². The van der Waals surface area contributed by atoms with Crippen molar-refractivity contribution in [2.24, 2.45) is 5.92 Å². The van der Waals surface area contributed by atoms with E-state index in [0.29, 0.717) is 24.1 Å². The van der Waals surface area contributed by atoms with E-state index in [2.05, 4.69) is 15.0 Å². The van der Waals surface area contributed by atoms with Gasteiger partial charge >= 0.3 is 11.9 Å². The average Bonchev–Trinajstić information content (AvgIpc) is 2.83. The van der Waals surface area contributed by atoms with Gasteiger partial charge in [0.25, 0.3) is 5.91 Å². The molecule has 1 fully saturated rings. The van der Waals surface area contributed by atoms with Gasteiger partial charge in [-0.1, -0.05) is 0 Å². The van der Waals surface area contributed by atoms with Crippen LogP contribution in [0.4, 0.5) is 5.69 Å². The van der Waals surface area contributed by atoms with E-state index in [4.69, 9.17) is 4.74 Å². The fourth-order valence-corrected chi connectivity index (χ4v) is 4.67. The number of aromatic nitrogens is 1. The molecule has 0 atom stereocenters. The van der Waals surface area contributed by atoms with Crippen molar-refractivity contribution >= 4 is 33.6 Å². The number of nitrogens with one attached hydrogen (secondary N) is 1. The molecule has 1 aliphatic heterocycles. The Balaban J connectivity index is 1.45. The highest BCUT2D eigenvalue weighted by Crippen LogP contribution is 2.24. The number of esters is 2. The van der Waals surface area contributed by atoms with Gasteiger partial charge in [0.15, 0.2) is 6.61 Å². The first-order valence-corrected chi connectivity index (χ1v) is 11.3. The molecule has 1 N–H and O–H groups in total. The van der Waals surface area contributed by atoms with E-state index >= 15 is 0 Å². The summed E-state index contributed by atoms with van der Waals surface area (Å²) in [5.41, 5.74) is 0.779. The lowest BCUT2D eigenvalue weighted by Crippen LogP contribution is -2.40. The standard InChI is InChI=1S/C21H23N3O7S/c1-30-20(26)15-4-6-17(7-5-15)23-19(25)14-31-21(27)16-8-11-24(12-9-16)32(28,29)18-3-2-10-22-13-18/h2-7,10,13,16H,8-9,11-12,14H2,1H3,(H,23,25). The molecule has 32 heavy (non-hydrogen) atoms. The number of anilines is 1. The third-order valence-electron chi connectivity index (χ3n) is 4.99. The molecule has 1 aliphatic rings. The molecule has 170 valence electrons. The van der Waals surface area contributed by atoms with Crippen molar-refractivity contribution in [2.75, 3.05) is 32.1 Å². The minimum atomic E-state index is -3.66. The minimum absolute atomic E-state index is 0.109. The quantitative estimate of drug-likeness (QED) is 0.613. The molecule has 0 unspecified atom stereocenters. The summed E-state index contributed by atoms with van der Waals surface area (Å²) in [6, 6.07) is 9.09. The van der Waals surface area contributed by atoms with Gasteiger partial charge in [-0.05, 0) is 49.2 Å². The normalized spacial score (nSPS) is 15.0. The smallest absolute Gasteiger partial charge is 0.337 e. The van der Waals surface area contributed by atoms with Crippen LogP contribution in [-0.4, -0.2) is 62.4 Å². The van der Waals surface area contributed by atoms with Gasteiger partial charge in [-0.3, -0.25) is 14.6 Å². The van der Waals surface area contributed by atoms with Crippen molar-refractivity contribution in [1.29, 1.82) is 0 Å². The van der Waals surface area contributed by atoms with Gasteiger partial charge in [-0.25, -0.2) is 13.2 Å². The number of ether oxygens (including phenoxy) is 2. The average molecular weight is 461 g/mol. The summed E-state index contributed by atoms with van der Waals surface area (Å²) >= 11 is 0. The number of sulfonamides is 1. The van der Waals surface area contributed by atoms with Gasteiger partial charge in [0.1, 0.15) is 4.90 Å². The van der Waals surface area contributed by atoms with Crippen LogP contribution in [0.1, 0.15) is 23.2 Å². The molecule has 0 bridgehead atoms. The molecule has 0 radical (unpaired) electrons. The number of hydrogen-bond donors (Lipinski definition) is 1. The Bertz CT molecular complexity index is 1060. The number of rotatable bonds is 7. The maximum atomic E-state index is 12.6. The van der Waals surface area contributed by atoms with E-state index in [9.17, 15) is 22.8 Å². The summed E-state index contributed by atoms with van der Waals surface area (Å²) in [7, 11) is -2.38. The van der Waals surface area contributed by atoms with Crippen LogP contribution in [0.25, 0.3) is 0 Å². The van der Waals surface area contributed by atoms with Gasteiger partial charge in [0.05, 0.1) is 18.6 Å². The van der Waals surface area contributed by atoms with E-state index in [1.807, 2.05) is 0 Å². The zero-order valence-corrected chi connectivity index (χ0v) is 18.2. The molecule has 1 aromatic carbocycles. The number of benzene rings is 1. The molecule has 1 aromatic heterocycles. The van der Waals surface area contributed by atoms with E-state index in [1.54, 1.807) is 6.07 Å². The van der Waals surface area contributed by atoms with E-state index in [1.165, 1.54) is 54.1 Å². The number of hydrogen-bond acceptors (Lipinski definition) is 8. The third-order valence-corrected chi connectivity index (χ3v) is 6.88. The minimum Gasteiger partial charge on any atom is -0.465 e. The van der Waals surface area contributed by atoms with Crippen LogP contribution in [0.5, 0.6) is 0 Å². The molecule has 1 amide bonds.